The lowest BCUT2D eigenvalue weighted by molar-refractivity contribution is -0.204. The van der Waals surface area contributed by atoms with E-state index in [4.69, 9.17) is 0 Å². The van der Waals surface area contributed by atoms with Gasteiger partial charge in [-0.2, -0.15) is 18.7 Å². The van der Waals surface area contributed by atoms with E-state index in [-0.39, 0.29) is 0 Å². The average Bonchev–Trinajstić information content (AvgIpc) is 2.35. The van der Waals surface area contributed by atoms with Crippen molar-refractivity contribution in [1.82, 2.24) is 5.48 Å². The number of amides is 2. The molecule has 1 rings (SSSR count). The van der Waals surface area contributed by atoms with Gasteiger partial charge in [-0.1, -0.05) is 19.1 Å². The second kappa shape index (κ2) is 6.07. The molecule has 0 unspecified atom stereocenters. The molecule has 0 heterocycles. The third-order valence-corrected chi connectivity index (χ3v) is 2.06. The fraction of sp³-hybridized carbons (Fsp3) is 0.273. The lowest BCUT2D eigenvalue weighted by Crippen LogP contribution is -2.36. The maximum absolute atomic E-state index is 11.8. The molecule has 0 fully saturated rings. The molecule has 0 aliphatic carbocycles. The third-order valence-electron chi connectivity index (χ3n) is 2.06. The highest BCUT2D eigenvalue weighted by molar-refractivity contribution is 5.89. The van der Waals surface area contributed by atoms with Gasteiger partial charge in [0.1, 0.15) is 0 Å². The van der Waals surface area contributed by atoms with Gasteiger partial charge in [-0.05, 0) is 24.1 Å². The SMILES string of the molecule is CCc1cccc(NC(=O)NOC(=O)C(F)(F)F)c1. The molecule has 2 amide bonds. The maximum Gasteiger partial charge on any atom is 0.493 e. The van der Waals surface area contributed by atoms with Gasteiger partial charge in [0.25, 0.3) is 0 Å². The predicted molar refractivity (Wildman–Crippen MR) is 60.1 cm³/mol. The standard InChI is InChI=1S/C11H11F3N2O3/c1-2-7-4-3-5-8(6-7)15-10(18)16-19-9(17)11(12,13)14/h3-6H,2H2,1H3,(H2,15,16,18). The summed E-state index contributed by atoms with van der Waals surface area (Å²) in [6, 6.07) is 5.61. The molecule has 0 bridgehead atoms. The number of benzene rings is 1. The van der Waals surface area contributed by atoms with Crippen LogP contribution in [0.2, 0.25) is 0 Å². The summed E-state index contributed by atoms with van der Waals surface area (Å²) >= 11 is 0. The van der Waals surface area contributed by atoms with E-state index in [2.05, 4.69) is 10.2 Å². The summed E-state index contributed by atoms with van der Waals surface area (Å²) in [5.74, 6) is -2.50. The molecule has 1 aromatic carbocycles. The van der Waals surface area contributed by atoms with Gasteiger partial charge in [0.2, 0.25) is 0 Å². The topological polar surface area (TPSA) is 67.4 Å². The zero-order valence-electron chi connectivity index (χ0n) is 9.88. The molecule has 0 radical (unpaired) electrons. The number of carbonyl (C=O) groups is 2. The monoisotopic (exact) mass is 276 g/mol. The van der Waals surface area contributed by atoms with E-state index in [9.17, 15) is 22.8 Å². The summed E-state index contributed by atoms with van der Waals surface area (Å²) in [6.07, 6.45) is -4.42. The normalized spacial score (nSPS) is 10.7. The van der Waals surface area contributed by atoms with Crippen LogP contribution in [0.15, 0.2) is 24.3 Å². The zero-order valence-corrected chi connectivity index (χ0v) is 9.88. The number of rotatable bonds is 2. The summed E-state index contributed by atoms with van der Waals surface area (Å²) in [5.41, 5.74) is 2.67. The van der Waals surface area contributed by atoms with E-state index in [0.717, 1.165) is 12.0 Å². The van der Waals surface area contributed by atoms with Crippen molar-refractivity contribution < 1.29 is 27.6 Å². The van der Waals surface area contributed by atoms with Crippen LogP contribution in [-0.4, -0.2) is 18.2 Å². The van der Waals surface area contributed by atoms with Gasteiger partial charge >= 0.3 is 18.2 Å². The van der Waals surface area contributed by atoms with Crippen LogP contribution in [0.25, 0.3) is 0 Å². The molecule has 2 N–H and O–H groups in total. The Morgan fingerprint density at radius 1 is 1.32 bits per heavy atom. The number of urea groups is 1. The molecule has 1 aromatic rings. The first-order valence-corrected chi connectivity index (χ1v) is 5.27. The van der Waals surface area contributed by atoms with Crippen molar-refractivity contribution in [2.45, 2.75) is 19.5 Å². The van der Waals surface area contributed by atoms with E-state index < -0.39 is 18.2 Å². The molecule has 5 nitrogen and oxygen atoms in total. The minimum atomic E-state index is -5.16. The van der Waals surface area contributed by atoms with E-state index in [1.165, 1.54) is 5.48 Å². The third kappa shape index (κ3) is 4.86. The second-order valence-corrected chi connectivity index (χ2v) is 3.50. The number of hydroxylamine groups is 1. The van der Waals surface area contributed by atoms with E-state index in [1.807, 2.05) is 13.0 Å². The van der Waals surface area contributed by atoms with Gasteiger partial charge in [0.15, 0.2) is 0 Å². The maximum atomic E-state index is 11.8. The molecule has 0 saturated carbocycles. The number of aryl methyl sites for hydroxylation is 1. The highest BCUT2D eigenvalue weighted by Gasteiger charge is 2.41. The summed E-state index contributed by atoms with van der Waals surface area (Å²) in [6.45, 7) is 1.91. The van der Waals surface area contributed by atoms with Crippen molar-refractivity contribution >= 4 is 17.7 Å². The van der Waals surface area contributed by atoms with E-state index in [0.29, 0.717) is 5.69 Å². The van der Waals surface area contributed by atoms with E-state index in [1.54, 1.807) is 18.2 Å². The molecular weight excluding hydrogens is 265 g/mol. The molecule has 0 aliphatic rings. The fourth-order valence-corrected chi connectivity index (χ4v) is 1.18. The predicted octanol–water partition coefficient (Wildman–Crippen LogP) is 2.39. The molecule has 104 valence electrons. The first-order valence-electron chi connectivity index (χ1n) is 5.27. The van der Waals surface area contributed by atoms with Crippen molar-refractivity contribution in [3.63, 3.8) is 0 Å². The van der Waals surface area contributed by atoms with E-state index >= 15 is 0 Å². The quantitative estimate of drug-likeness (QED) is 0.815. The lowest BCUT2D eigenvalue weighted by Gasteiger charge is -2.09. The smallest absolute Gasteiger partial charge is 0.331 e. The first-order chi connectivity index (χ1) is 8.82. The number of carbonyl (C=O) groups excluding carboxylic acids is 2. The number of nitrogens with one attached hydrogen (secondary N) is 2. The van der Waals surface area contributed by atoms with Crippen molar-refractivity contribution in [3.05, 3.63) is 29.8 Å². The largest absolute Gasteiger partial charge is 0.493 e. The molecule has 19 heavy (non-hydrogen) atoms. The van der Waals surface area contributed by atoms with Crippen LogP contribution in [0.3, 0.4) is 0 Å². The van der Waals surface area contributed by atoms with Crippen LogP contribution in [0.1, 0.15) is 12.5 Å². The van der Waals surface area contributed by atoms with Crippen molar-refractivity contribution in [3.8, 4) is 0 Å². The van der Waals surface area contributed by atoms with Gasteiger partial charge in [-0.25, -0.2) is 9.59 Å². The number of hydrogen-bond acceptors (Lipinski definition) is 3. The van der Waals surface area contributed by atoms with Gasteiger partial charge < -0.3 is 10.2 Å². The summed E-state index contributed by atoms with van der Waals surface area (Å²) in [5, 5.41) is 2.23. The Hall–Kier alpha value is -2.25. The van der Waals surface area contributed by atoms with Crippen LogP contribution in [0.5, 0.6) is 0 Å². The van der Waals surface area contributed by atoms with Crippen molar-refractivity contribution in [2.75, 3.05) is 5.32 Å². The van der Waals surface area contributed by atoms with Gasteiger partial charge in [0, 0.05) is 5.69 Å². The molecule has 8 heteroatoms. The first kappa shape index (κ1) is 14.8. The van der Waals surface area contributed by atoms with Crippen molar-refractivity contribution in [1.29, 1.82) is 0 Å². The molecule has 0 aliphatic heterocycles. The Morgan fingerprint density at radius 3 is 2.58 bits per heavy atom. The van der Waals surface area contributed by atoms with Crippen LogP contribution in [0.4, 0.5) is 23.7 Å². The van der Waals surface area contributed by atoms with Crippen LogP contribution in [-0.2, 0) is 16.1 Å². The Balaban J connectivity index is 2.49. The molecule has 0 spiro atoms. The van der Waals surface area contributed by atoms with Gasteiger partial charge in [-0.3, -0.25) is 0 Å². The van der Waals surface area contributed by atoms with Crippen LogP contribution >= 0.6 is 0 Å². The Kier molecular flexibility index (Phi) is 4.74. The minimum Gasteiger partial charge on any atom is -0.331 e. The number of alkyl halides is 3. The molecule has 0 saturated heterocycles. The number of hydrogen-bond donors (Lipinski definition) is 2. The Bertz CT molecular complexity index is 474. The second-order valence-electron chi connectivity index (χ2n) is 3.50. The molecule has 0 atom stereocenters. The Labute approximate surface area is 106 Å². The average molecular weight is 276 g/mol. The summed E-state index contributed by atoms with van der Waals surface area (Å²) in [4.78, 5) is 25.1. The van der Waals surface area contributed by atoms with Gasteiger partial charge in [0.05, 0.1) is 0 Å². The molecular formula is C11H11F3N2O3. The highest BCUT2D eigenvalue weighted by atomic mass is 19.4. The van der Waals surface area contributed by atoms with Crippen molar-refractivity contribution in [2.24, 2.45) is 0 Å². The van der Waals surface area contributed by atoms with Crippen LogP contribution in [0, 0.1) is 0 Å². The highest BCUT2D eigenvalue weighted by Crippen LogP contribution is 2.15. The number of halogens is 3. The zero-order chi connectivity index (χ0) is 14.5. The minimum absolute atomic E-state index is 0.375. The molecule has 0 aromatic heterocycles. The fourth-order valence-electron chi connectivity index (χ4n) is 1.18. The lowest BCUT2D eigenvalue weighted by atomic mass is 10.1. The summed E-state index contributed by atoms with van der Waals surface area (Å²) < 4.78 is 35.3. The number of anilines is 1. The van der Waals surface area contributed by atoms with Crippen LogP contribution < -0.4 is 10.8 Å². The summed E-state index contributed by atoms with van der Waals surface area (Å²) in [7, 11) is 0. The van der Waals surface area contributed by atoms with Gasteiger partial charge in [-0.15, -0.1) is 0 Å². The Morgan fingerprint density at radius 2 is 2.00 bits per heavy atom.